The molecule has 6 nitrogen and oxygen atoms in total. The predicted octanol–water partition coefficient (Wildman–Crippen LogP) is 5.38. The van der Waals surface area contributed by atoms with Gasteiger partial charge in [0.05, 0.1) is 23.3 Å². The molecule has 2 aromatic heterocycles. The molecule has 0 spiro atoms. The molecule has 0 N–H and O–H groups in total. The van der Waals surface area contributed by atoms with Gasteiger partial charge in [-0.2, -0.15) is 13.2 Å². The van der Waals surface area contributed by atoms with Gasteiger partial charge in [0.1, 0.15) is 6.61 Å². The molecule has 0 bridgehead atoms. The van der Waals surface area contributed by atoms with Crippen molar-refractivity contribution in [3.63, 3.8) is 0 Å². The lowest BCUT2D eigenvalue weighted by Gasteiger charge is -2.12. The number of ether oxygens (including phenoxy) is 1. The van der Waals surface area contributed by atoms with Crippen molar-refractivity contribution in [3.05, 3.63) is 84.1 Å². The third-order valence-corrected chi connectivity index (χ3v) is 5.27. The molecule has 4 aromatic rings. The van der Waals surface area contributed by atoms with E-state index < -0.39 is 17.7 Å². The van der Waals surface area contributed by atoms with Crippen molar-refractivity contribution in [1.82, 2.24) is 14.8 Å². The van der Waals surface area contributed by atoms with Gasteiger partial charge in [-0.3, -0.25) is 9.36 Å². The molecule has 4 rings (SSSR count). The molecule has 2 heterocycles. The van der Waals surface area contributed by atoms with Gasteiger partial charge in [0, 0.05) is 0 Å². The zero-order valence-corrected chi connectivity index (χ0v) is 17.3. The van der Waals surface area contributed by atoms with E-state index >= 15 is 0 Å². The van der Waals surface area contributed by atoms with E-state index in [9.17, 15) is 18.0 Å². The molecule has 0 aliphatic heterocycles. The summed E-state index contributed by atoms with van der Waals surface area (Å²) in [5.74, 6) is -0.0397. The summed E-state index contributed by atoms with van der Waals surface area (Å²) in [6.45, 7) is 0.123. The summed E-state index contributed by atoms with van der Waals surface area (Å²) >= 11 is 1.01. The number of hydrogen-bond donors (Lipinski definition) is 0. The number of benzene rings is 2. The van der Waals surface area contributed by atoms with Gasteiger partial charge in [-0.15, -0.1) is 10.2 Å². The van der Waals surface area contributed by atoms with Crippen LogP contribution in [0.1, 0.15) is 11.1 Å². The Kier molecular flexibility index (Phi) is 6.31. The van der Waals surface area contributed by atoms with Crippen molar-refractivity contribution in [2.45, 2.75) is 17.9 Å². The van der Waals surface area contributed by atoms with Gasteiger partial charge in [-0.05, 0) is 35.9 Å². The van der Waals surface area contributed by atoms with Crippen molar-refractivity contribution in [1.29, 1.82) is 0 Å². The van der Waals surface area contributed by atoms with E-state index in [4.69, 9.17) is 9.15 Å². The lowest BCUT2D eigenvalue weighted by atomic mass is 10.2. The van der Waals surface area contributed by atoms with Crippen LogP contribution in [0.15, 0.2) is 82.6 Å². The molecule has 0 amide bonds. The van der Waals surface area contributed by atoms with Gasteiger partial charge in [0.15, 0.2) is 10.9 Å². The number of aromatic nitrogens is 3. The van der Waals surface area contributed by atoms with E-state index in [1.54, 1.807) is 12.1 Å². The fraction of sp³-hybridized carbons (Fsp3) is 0.136. The third kappa shape index (κ3) is 5.02. The van der Waals surface area contributed by atoms with Crippen molar-refractivity contribution >= 4 is 17.7 Å². The van der Waals surface area contributed by atoms with Crippen LogP contribution in [0.25, 0.3) is 17.3 Å². The minimum absolute atomic E-state index is 0.0952. The zero-order chi connectivity index (χ0) is 22.6. The number of carbonyl (C=O) groups excluding carboxylic acids is 1. The molecule has 10 heteroatoms. The Labute approximate surface area is 185 Å². The number of esters is 1. The van der Waals surface area contributed by atoms with E-state index in [0.29, 0.717) is 5.76 Å². The Morgan fingerprint density at radius 3 is 2.56 bits per heavy atom. The van der Waals surface area contributed by atoms with E-state index in [-0.39, 0.29) is 29.0 Å². The van der Waals surface area contributed by atoms with E-state index in [0.717, 1.165) is 29.5 Å². The molecule has 164 valence electrons. The second-order valence-electron chi connectivity index (χ2n) is 6.60. The predicted molar refractivity (Wildman–Crippen MR) is 111 cm³/mol. The van der Waals surface area contributed by atoms with Crippen LogP contribution in [0.3, 0.4) is 0 Å². The number of furan rings is 1. The number of hydrogen-bond acceptors (Lipinski definition) is 6. The van der Waals surface area contributed by atoms with E-state index in [1.807, 2.05) is 30.3 Å². The first-order chi connectivity index (χ1) is 15.4. The molecule has 0 atom stereocenters. The molecule has 2 aromatic carbocycles. The Balaban J connectivity index is 1.57. The van der Waals surface area contributed by atoms with Crippen LogP contribution in [0, 0.1) is 0 Å². The van der Waals surface area contributed by atoms with Crippen LogP contribution in [-0.4, -0.2) is 26.5 Å². The fourth-order valence-electron chi connectivity index (χ4n) is 2.89. The summed E-state index contributed by atoms with van der Waals surface area (Å²) in [4.78, 5) is 12.2. The average molecular weight is 459 g/mol. The normalized spacial score (nSPS) is 11.5. The standard InChI is InChI=1S/C22H16F3N3O3S/c23-22(24,25)16-8-4-9-17(12-16)28-20(18-10-5-11-30-18)26-27-21(28)32-14-19(29)31-13-15-6-2-1-3-7-15/h1-12H,13-14H2. The van der Waals surface area contributed by atoms with Crippen LogP contribution in [0.4, 0.5) is 13.2 Å². The SMILES string of the molecule is O=C(CSc1nnc(-c2ccco2)n1-c1cccc(C(F)(F)F)c1)OCc1ccccc1. The molecule has 0 saturated heterocycles. The molecule has 0 unspecified atom stereocenters. The number of alkyl halides is 3. The summed E-state index contributed by atoms with van der Waals surface area (Å²) in [6, 6.07) is 17.2. The van der Waals surface area contributed by atoms with Crippen molar-refractivity contribution in [3.8, 4) is 17.3 Å². The van der Waals surface area contributed by atoms with Crippen LogP contribution in [0.5, 0.6) is 0 Å². The average Bonchev–Trinajstić information content (AvgIpc) is 3.46. The summed E-state index contributed by atoms with van der Waals surface area (Å²) in [5.41, 5.74) is 0.224. The maximum atomic E-state index is 13.2. The van der Waals surface area contributed by atoms with Gasteiger partial charge in [-0.25, -0.2) is 0 Å². The van der Waals surface area contributed by atoms with Gasteiger partial charge in [0.25, 0.3) is 0 Å². The van der Waals surface area contributed by atoms with Crippen molar-refractivity contribution < 1.29 is 27.1 Å². The van der Waals surface area contributed by atoms with Crippen LogP contribution in [0.2, 0.25) is 0 Å². The summed E-state index contributed by atoms with van der Waals surface area (Å²) in [7, 11) is 0. The highest BCUT2D eigenvalue weighted by molar-refractivity contribution is 7.99. The van der Waals surface area contributed by atoms with Crippen LogP contribution < -0.4 is 0 Å². The lowest BCUT2D eigenvalue weighted by Crippen LogP contribution is -2.09. The Morgan fingerprint density at radius 2 is 1.84 bits per heavy atom. The first kappa shape index (κ1) is 21.7. The quantitative estimate of drug-likeness (QED) is 0.273. The summed E-state index contributed by atoms with van der Waals surface area (Å²) in [6.07, 6.45) is -3.09. The summed E-state index contributed by atoms with van der Waals surface area (Å²) in [5, 5.41) is 8.35. The highest BCUT2D eigenvalue weighted by Gasteiger charge is 2.31. The lowest BCUT2D eigenvalue weighted by molar-refractivity contribution is -0.141. The Morgan fingerprint density at radius 1 is 1.03 bits per heavy atom. The molecule has 0 saturated carbocycles. The highest BCUT2D eigenvalue weighted by Crippen LogP contribution is 2.33. The molecule has 0 fully saturated rings. The number of halogens is 3. The number of carbonyl (C=O) groups is 1. The van der Waals surface area contributed by atoms with E-state index in [2.05, 4.69) is 10.2 Å². The molecular weight excluding hydrogens is 443 g/mol. The first-order valence-corrected chi connectivity index (χ1v) is 10.4. The molecule has 0 aliphatic rings. The monoisotopic (exact) mass is 459 g/mol. The molecular formula is C22H16F3N3O3S. The second kappa shape index (κ2) is 9.31. The van der Waals surface area contributed by atoms with Crippen LogP contribution >= 0.6 is 11.8 Å². The maximum absolute atomic E-state index is 13.2. The minimum Gasteiger partial charge on any atom is -0.461 e. The third-order valence-electron chi connectivity index (χ3n) is 4.37. The van der Waals surface area contributed by atoms with E-state index in [1.165, 1.54) is 23.0 Å². The van der Waals surface area contributed by atoms with Gasteiger partial charge in [0.2, 0.25) is 5.82 Å². The smallest absolute Gasteiger partial charge is 0.416 e. The maximum Gasteiger partial charge on any atom is 0.416 e. The second-order valence-corrected chi connectivity index (χ2v) is 7.54. The number of rotatable bonds is 7. The van der Waals surface area contributed by atoms with Gasteiger partial charge in [-0.1, -0.05) is 48.2 Å². The van der Waals surface area contributed by atoms with Gasteiger partial charge >= 0.3 is 12.1 Å². The molecule has 0 aliphatic carbocycles. The topological polar surface area (TPSA) is 70.2 Å². The molecule has 32 heavy (non-hydrogen) atoms. The van der Waals surface area contributed by atoms with Crippen molar-refractivity contribution in [2.24, 2.45) is 0 Å². The number of thioether (sulfide) groups is 1. The highest BCUT2D eigenvalue weighted by atomic mass is 32.2. The molecule has 0 radical (unpaired) electrons. The zero-order valence-electron chi connectivity index (χ0n) is 16.5. The summed E-state index contributed by atoms with van der Waals surface area (Å²) < 4.78 is 51.7. The minimum atomic E-state index is -4.51. The first-order valence-electron chi connectivity index (χ1n) is 9.41. The van der Waals surface area contributed by atoms with Crippen LogP contribution in [-0.2, 0) is 22.3 Å². The van der Waals surface area contributed by atoms with Gasteiger partial charge < -0.3 is 9.15 Å². The largest absolute Gasteiger partial charge is 0.461 e. The fourth-order valence-corrected chi connectivity index (χ4v) is 3.64. The number of nitrogens with zero attached hydrogens (tertiary/aromatic N) is 3. The Bertz CT molecular complexity index is 1190. The van der Waals surface area contributed by atoms with Crippen molar-refractivity contribution in [2.75, 3.05) is 5.75 Å². The Hall–Kier alpha value is -3.53.